The summed E-state index contributed by atoms with van der Waals surface area (Å²) < 4.78 is 30.8. The number of anilines is 3. The molecule has 0 atom stereocenters. The van der Waals surface area contributed by atoms with Crippen molar-refractivity contribution in [2.45, 2.75) is 17.7 Å². The van der Waals surface area contributed by atoms with E-state index < -0.39 is 15.7 Å². The SMILES string of the molecule is COc1c(Nc2cc(NC(=O)C3CC3)nnc2C(N)=O)cccc1-c1ncn(-c2ccc(S(C)(=O)=O)cc2Cl)n1. The number of amides is 2. The van der Waals surface area contributed by atoms with E-state index in [1.165, 1.54) is 42.4 Å². The highest BCUT2D eigenvalue weighted by molar-refractivity contribution is 7.90. The molecule has 0 bridgehead atoms. The largest absolute Gasteiger partial charge is 0.494 e. The molecular weight excluding hydrogens is 560 g/mol. The second kappa shape index (κ2) is 10.5. The molecule has 1 fully saturated rings. The van der Waals surface area contributed by atoms with Gasteiger partial charge in [-0.15, -0.1) is 15.3 Å². The summed E-state index contributed by atoms with van der Waals surface area (Å²) in [4.78, 5) is 28.7. The average molecular weight is 583 g/mol. The van der Waals surface area contributed by atoms with Crippen LogP contribution < -0.4 is 21.1 Å². The first-order chi connectivity index (χ1) is 19.0. The third-order valence-corrected chi connectivity index (χ3v) is 7.46. The van der Waals surface area contributed by atoms with Gasteiger partial charge in [0.25, 0.3) is 5.91 Å². The molecule has 4 N–H and O–H groups in total. The lowest BCUT2D eigenvalue weighted by atomic mass is 10.1. The normalized spacial score (nSPS) is 13.1. The summed E-state index contributed by atoms with van der Waals surface area (Å²) in [5, 5.41) is 18.2. The molecule has 15 heteroatoms. The maximum absolute atomic E-state index is 12.2. The molecule has 0 spiro atoms. The highest BCUT2D eigenvalue weighted by atomic mass is 35.5. The van der Waals surface area contributed by atoms with Crippen molar-refractivity contribution in [1.82, 2.24) is 25.0 Å². The number of methoxy groups -OCH3 is 1. The number of nitrogens with two attached hydrogens (primary N) is 1. The number of carbonyl (C=O) groups excluding carboxylic acids is 2. The third-order valence-electron chi connectivity index (χ3n) is 6.04. The Kier molecular flexibility index (Phi) is 7.12. The number of nitrogens with zero attached hydrogens (tertiary/aromatic N) is 5. The van der Waals surface area contributed by atoms with Gasteiger partial charge >= 0.3 is 0 Å². The Labute approximate surface area is 233 Å². The molecule has 40 heavy (non-hydrogen) atoms. The van der Waals surface area contributed by atoms with E-state index in [0.29, 0.717) is 22.7 Å². The summed E-state index contributed by atoms with van der Waals surface area (Å²) >= 11 is 6.34. The van der Waals surface area contributed by atoms with Crippen LogP contribution in [-0.2, 0) is 14.6 Å². The lowest BCUT2D eigenvalue weighted by molar-refractivity contribution is -0.117. The van der Waals surface area contributed by atoms with Crippen LogP contribution in [0.1, 0.15) is 23.3 Å². The summed E-state index contributed by atoms with van der Waals surface area (Å²) in [6.45, 7) is 0. The Bertz CT molecular complexity index is 1750. The molecule has 4 aromatic rings. The van der Waals surface area contributed by atoms with Gasteiger partial charge in [0.2, 0.25) is 5.91 Å². The van der Waals surface area contributed by atoms with E-state index in [4.69, 9.17) is 22.1 Å². The molecule has 2 amide bonds. The van der Waals surface area contributed by atoms with Crippen LogP contribution in [0.2, 0.25) is 5.02 Å². The number of ether oxygens (including phenoxy) is 1. The monoisotopic (exact) mass is 582 g/mol. The van der Waals surface area contributed by atoms with Gasteiger partial charge in [-0.05, 0) is 43.2 Å². The third kappa shape index (κ3) is 5.58. The Morgan fingerprint density at radius 3 is 2.55 bits per heavy atom. The van der Waals surface area contributed by atoms with Gasteiger partial charge in [-0.2, -0.15) is 0 Å². The lowest BCUT2D eigenvalue weighted by Gasteiger charge is -2.15. The van der Waals surface area contributed by atoms with Crippen molar-refractivity contribution in [2.75, 3.05) is 24.0 Å². The molecule has 0 unspecified atom stereocenters. The Hall–Kier alpha value is -4.56. The molecule has 1 aliphatic carbocycles. The van der Waals surface area contributed by atoms with Gasteiger partial charge in [0.1, 0.15) is 6.33 Å². The number of hydrogen-bond donors (Lipinski definition) is 3. The molecule has 206 valence electrons. The maximum Gasteiger partial charge on any atom is 0.271 e. The van der Waals surface area contributed by atoms with Crippen LogP contribution in [0.25, 0.3) is 17.1 Å². The summed E-state index contributed by atoms with van der Waals surface area (Å²) in [5.74, 6) is -0.244. The number of aromatic nitrogens is 5. The number of primary amides is 1. The fourth-order valence-corrected chi connectivity index (χ4v) is 4.87. The van der Waals surface area contributed by atoms with E-state index in [1.807, 2.05) is 0 Å². The van der Waals surface area contributed by atoms with Crippen LogP contribution in [0, 0.1) is 5.92 Å². The zero-order valence-corrected chi connectivity index (χ0v) is 22.8. The molecule has 0 radical (unpaired) electrons. The van der Waals surface area contributed by atoms with Crippen molar-refractivity contribution in [3.05, 3.63) is 59.5 Å². The first-order valence-electron chi connectivity index (χ1n) is 11.9. The van der Waals surface area contributed by atoms with Gasteiger partial charge in [0.15, 0.2) is 32.9 Å². The number of nitrogens with one attached hydrogen (secondary N) is 2. The van der Waals surface area contributed by atoms with Crippen LogP contribution in [0.15, 0.2) is 53.7 Å². The van der Waals surface area contributed by atoms with Crippen LogP contribution in [0.4, 0.5) is 17.2 Å². The number of carbonyl (C=O) groups is 2. The Morgan fingerprint density at radius 2 is 1.90 bits per heavy atom. The molecule has 2 heterocycles. The van der Waals surface area contributed by atoms with Gasteiger partial charge in [-0.3, -0.25) is 9.59 Å². The molecular formula is C25H23ClN8O5S. The number of halogens is 1. The molecule has 0 saturated heterocycles. The molecule has 2 aromatic heterocycles. The first kappa shape index (κ1) is 27.0. The maximum atomic E-state index is 12.2. The highest BCUT2D eigenvalue weighted by Crippen LogP contribution is 2.38. The number of para-hydroxylation sites is 1. The standard InChI is InChI=1S/C25H23ClN8O5S/c1-39-22-15(24-28-12-34(33-24)19-9-8-14(10-16(19)26)40(2,37)38)4-3-5-17(22)29-18-11-20(30-25(36)13-6-7-13)31-32-21(18)23(27)35/h3-5,8-13H,6-7H2,1-2H3,(H2,27,35)(H2,29,30,31,36). The number of sulfone groups is 1. The molecule has 13 nitrogen and oxygen atoms in total. The van der Waals surface area contributed by atoms with Gasteiger partial charge in [-0.25, -0.2) is 18.1 Å². The minimum atomic E-state index is -3.43. The molecule has 5 rings (SSSR count). The van der Waals surface area contributed by atoms with Crippen LogP contribution >= 0.6 is 11.6 Å². The van der Waals surface area contributed by atoms with Crippen molar-refractivity contribution >= 4 is 50.4 Å². The van der Waals surface area contributed by atoms with E-state index in [0.717, 1.165) is 19.1 Å². The van der Waals surface area contributed by atoms with Crippen LogP contribution in [0.5, 0.6) is 5.75 Å². The van der Waals surface area contributed by atoms with Crippen molar-refractivity contribution in [3.63, 3.8) is 0 Å². The van der Waals surface area contributed by atoms with Crippen molar-refractivity contribution < 1.29 is 22.7 Å². The summed E-state index contributed by atoms with van der Waals surface area (Å²) in [5.41, 5.74) is 6.94. The van der Waals surface area contributed by atoms with E-state index in [1.54, 1.807) is 18.2 Å². The number of rotatable bonds is 9. The van der Waals surface area contributed by atoms with E-state index >= 15 is 0 Å². The first-order valence-corrected chi connectivity index (χ1v) is 14.2. The lowest BCUT2D eigenvalue weighted by Crippen LogP contribution is -2.19. The fourth-order valence-electron chi connectivity index (χ4n) is 3.89. The molecule has 2 aromatic carbocycles. The van der Waals surface area contributed by atoms with Crippen molar-refractivity contribution in [2.24, 2.45) is 11.7 Å². The zero-order chi connectivity index (χ0) is 28.6. The van der Waals surface area contributed by atoms with E-state index in [2.05, 4.69) is 30.9 Å². The summed E-state index contributed by atoms with van der Waals surface area (Å²) in [6, 6.07) is 10.9. The van der Waals surface area contributed by atoms with Gasteiger partial charge in [0, 0.05) is 18.2 Å². The Morgan fingerprint density at radius 1 is 1.12 bits per heavy atom. The van der Waals surface area contributed by atoms with Crippen LogP contribution in [0.3, 0.4) is 0 Å². The minimum Gasteiger partial charge on any atom is -0.494 e. The number of benzene rings is 2. The fraction of sp³-hybridized carbons (Fsp3) is 0.200. The van der Waals surface area contributed by atoms with E-state index in [9.17, 15) is 18.0 Å². The summed E-state index contributed by atoms with van der Waals surface area (Å²) in [7, 11) is -1.97. The van der Waals surface area contributed by atoms with Gasteiger partial charge in [0.05, 0.1) is 39.7 Å². The minimum absolute atomic E-state index is 0.0504. The highest BCUT2D eigenvalue weighted by Gasteiger charge is 2.30. The number of hydrogen-bond acceptors (Lipinski definition) is 10. The molecule has 0 aliphatic heterocycles. The second-order valence-corrected chi connectivity index (χ2v) is 11.5. The Balaban J connectivity index is 1.48. The van der Waals surface area contributed by atoms with Gasteiger partial charge < -0.3 is 21.1 Å². The van der Waals surface area contributed by atoms with Gasteiger partial charge in [-0.1, -0.05) is 17.7 Å². The van der Waals surface area contributed by atoms with E-state index in [-0.39, 0.29) is 44.8 Å². The predicted molar refractivity (Wildman–Crippen MR) is 147 cm³/mol. The smallest absolute Gasteiger partial charge is 0.271 e. The molecule has 1 saturated carbocycles. The predicted octanol–water partition coefficient (Wildman–Crippen LogP) is 2.98. The quantitative estimate of drug-likeness (QED) is 0.265. The second-order valence-electron chi connectivity index (χ2n) is 9.03. The van der Waals surface area contributed by atoms with Crippen LogP contribution in [-0.4, -0.2) is 58.6 Å². The zero-order valence-electron chi connectivity index (χ0n) is 21.3. The molecule has 1 aliphatic rings. The topological polar surface area (TPSA) is 184 Å². The van der Waals surface area contributed by atoms with Crippen molar-refractivity contribution in [1.29, 1.82) is 0 Å². The van der Waals surface area contributed by atoms with Crippen molar-refractivity contribution in [3.8, 4) is 22.8 Å². The average Bonchev–Trinajstić information content (AvgIpc) is 3.65. The summed E-state index contributed by atoms with van der Waals surface area (Å²) in [6.07, 6.45) is 4.16.